The van der Waals surface area contributed by atoms with Crippen molar-refractivity contribution in [3.8, 4) is 22.0 Å². The van der Waals surface area contributed by atoms with Gasteiger partial charge in [-0.25, -0.2) is 4.39 Å². The van der Waals surface area contributed by atoms with Crippen LogP contribution in [0.25, 0.3) is 22.0 Å². The van der Waals surface area contributed by atoms with E-state index in [1.165, 1.54) is 28.2 Å². The molecule has 2 aromatic carbocycles. The van der Waals surface area contributed by atoms with Gasteiger partial charge in [0.05, 0.1) is 17.0 Å². The van der Waals surface area contributed by atoms with Crippen molar-refractivity contribution in [3.63, 3.8) is 0 Å². The number of thiophene rings is 1. The molecule has 0 saturated carbocycles. The van der Waals surface area contributed by atoms with Crippen molar-refractivity contribution in [1.29, 1.82) is 0 Å². The highest BCUT2D eigenvalue weighted by Crippen LogP contribution is 2.25. The molecule has 0 fully saturated rings. The van der Waals surface area contributed by atoms with Gasteiger partial charge in [-0.2, -0.15) is 10.1 Å². The molecule has 3 heterocycles. The van der Waals surface area contributed by atoms with Gasteiger partial charge in [0, 0.05) is 18.3 Å². The van der Waals surface area contributed by atoms with Gasteiger partial charge < -0.3 is 9.84 Å². The first-order chi connectivity index (χ1) is 16.1. The Morgan fingerprint density at radius 3 is 2.73 bits per heavy atom. The molecule has 3 aromatic heterocycles. The number of amides is 1. The van der Waals surface area contributed by atoms with E-state index in [2.05, 4.69) is 20.6 Å². The van der Waals surface area contributed by atoms with Crippen molar-refractivity contribution in [2.45, 2.75) is 6.42 Å². The molecule has 5 aromatic rings. The quantitative estimate of drug-likeness (QED) is 0.378. The molecule has 0 saturated heterocycles. The molecule has 0 aliphatic heterocycles. The lowest BCUT2D eigenvalue weighted by Crippen LogP contribution is -2.17. The lowest BCUT2D eigenvalue weighted by Gasteiger charge is -2.09. The van der Waals surface area contributed by atoms with Crippen molar-refractivity contribution in [1.82, 2.24) is 19.9 Å². The van der Waals surface area contributed by atoms with E-state index in [0.717, 1.165) is 16.0 Å². The molecule has 0 atom stereocenters. The Bertz CT molecular complexity index is 1410. The number of benzene rings is 2. The van der Waals surface area contributed by atoms with Gasteiger partial charge in [0.25, 0.3) is 5.91 Å². The molecule has 0 unspecified atom stereocenters. The first-order valence-electron chi connectivity index (χ1n) is 10.1. The van der Waals surface area contributed by atoms with Crippen LogP contribution in [-0.4, -0.2) is 25.8 Å². The van der Waals surface area contributed by atoms with Gasteiger partial charge in [-0.1, -0.05) is 29.4 Å². The number of rotatable bonds is 6. The number of aromatic nitrogens is 4. The standard InChI is InChI=1S/C24H18FN5O2S/c1-30-20(14-19(28-30)15-8-10-17(25)11-9-15)24(31)26-18-6-3-2-5-16(18)13-22-27-23(29-32-22)21-7-4-12-33-21/h2-12,14H,13H2,1H3,(H,26,31). The molecule has 0 spiro atoms. The van der Waals surface area contributed by atoms with Crippen molar-refractivity contribution in [3.05, 3.63) is 95.1 Å². The third kappa shape index (κ3) is 4.44. The minimum atomic E-state index is -0.326. The SMILES string of the molecule is Cn1nc(-c2ccc(F)cc2)cc1C(=O)Nc1ccccc1Cc1nc(-c2cccs2)no1. The zero-order chi connectivity index (χ0) is 22.8. The molecule has 9 heteroatoms. The number of hydrogen-bond donors (Lipinski definition) is 1. The zero-order valence-electron chi connectivity index (χ0n) is 17.5. The number of nitrogens with zero attached hydrogens (tertiary/aromatic N) is 4. The van der Waals surface area contributed by atoms with Crippen LogP contribution < -0.4 is 5.32 Å². The number of halogens is 1. The Morgan fingerprint density at radius 1 is 1.12 bits per heavy atom. The lowest BCUT2D eigenvalue weighted by atomic mass is 10.1. The lowest BCUT2D eigenvalue weighted by molar-refractivity contribution is 0.101. The second-order valence-corrected chi connectivity index (χ2v) is 8.27. The van der Waals surface area contributed by atoms with Crippen molar-refractivity contribution < 1.29 is 13.7 Å². The molecule has 0 bridgehead atoms. The molecular formula is C24H18FN5O2S. The van der Waals surface area contributed by atoms with E-state index in [1.54, 1.807) is 25.2 Å². The average molecular weight is 460 g/mol. The van der Waals surface area contributed by atoms with Crippen LogP contribution in [0.1, 0.15) is 21.9 Å². The highest BCUT2D eigenvalue weighted by atomic mass is 32.1. The summed E-state index contributed by atoms with van der Waals surface area (Å²) < 4.78 is 20.1. The highest BCUT2D eigenvalue weighted by Gasteiger charge is 2.17. The maximum Gasteiger partial charge on any atom is 0.273 e. The fourth-order valence-electron chi connectivity index (χ4n) is 3.42. The minimum Gasteiger partial charge on any atom is -0.339 e. The van der Waals surface area contributed by atoms with E-state index in [-0.39, 0.29) is 11.7 Å². The maximum absolute atomic E-state index is 13.2. The van der Waals surface area contributed by atoms with Crippen LogP contribution in [0, 0.1) is 5.82 Å². The summed E-state index contributed by atoms with van der Waals surface area (Å²) in [7, 11) is 1.69. The van der Waals surface area contributed by atoms with E-state index in [1.807, 2.05) is 41.8 Å². The predicted molar refractivity (Wildman–Crippen MR) is 123 cm³/mol. The highest BCUT2D eigenvalue weighted by molar-refractivity contribution is 7.13. The van der Waals surface area contributed by atoms with E-state index in [4.69, 9.17) is 4.52 Å². The summed E-state index contributed by atoms with van der Waals surface area (Å²) in [5, 5.41) is 13.3. The number of anilines is 1. The van der Waals surface area contributed by atoms with Gasteiger partial charge in [0.1, 0.15) is 11.5 Å². The molecule has 0 aliphatic carbocycles. The monoisotopic (exact) mass is 459 g/mol. The number of nitrogens with one attached hydrogen (secondary N) is 1. The number of carbonyl (C=O) groups is 1. The summed E-state index contributed by atoms with van der Waals surface area (Å²) in [6.07, 6.45) is 0.376. The van der Waals surface area contributed by atoms with Gasteiger partial charge in [-0.05, 0) is 53.4 Å². The third-order valence-electron chi connectivity index (χ3n) is 5.07. The third-order valence-corrected chi connectivity index (χ3v) is 5.94. The second kappa shape index (κ2) is 8.79. The van der Waals surface area contributed by atoms with Crippen LogP contribution >= 0.6 is 11.3 Å². The Balaban J connectivity index is 1.35. The number of carbonyl (C=O) groups excluding carboxylic acids is 1. The predicted octanol–water partition coefficient (Wildman–Crippen LogP) is 5.18. The maximum atomic E-state index is 13.2. The Morgan fingerprint density at radius 2 is 1.94 bits per heavy atom. The summed E-state index contributed by atoms with van der Waals surface area (Å²) in [5.41, 5.74) is 3.17. The Labute approximate surface area is 192 Å². The van der Waals surface area contributed by atoms with E-state index in [9.17, 15) is 9.18 Å². The smallest absolute Gasteiger partial charge is 0.273 e. The summed E-state index contributed by atoms with van der Waals surface area (Å²) in [6, 6.07) is 19.0. The van der Waals surface area contributed by atoms with Crippen LogP contribution in [0.2, 0.25) is 0 Å². The molecule has 1 N–H and O–H groups in total. The molecule has 0 aliphatic rings. The van der Waals surface area contributed by atoms with E-state index in [0.29, 0.717) is 35.2 Å². The van der Waals surface area contributed by atoms with E-state index < -0.39 is 0 Å². The minimum absolute atomic E-state index is 0.310. The Kier molecular flexibility index (Phi) is 5.54. The summed E-state index contributed by atoms with van der Waals surface area (Å²) in [5.74, 6) is 0.368. The molecule has 164 valence electrons. The Hall–Kier alpha value is -4.11. The topological polar surface area (TPSA) is 85.8 Å². The van der Waals surface area contributed by atoms with Crippen molar-refractivity contribution >= 4 is 22.9 Å². The molecular weight excluding hydrogens is 441 g/mol. The first-order valence-corrected chi connectivity index (χ1v) is 11.0. The van der Waals surface area contributed by atoms with Gasteiger partial charge >= 0.3 is 0 Å². The second-order valence-electron chi connectivity index (χ2n) is 7.32. The van der Waals surface area contributed by atoms with Crippen LogP contribution in [-0.2, 0) is 13.5 Å². The van der Waals surface area contributed by atoms with Gasteiger partial charge in [0.15, 0.2) is 0 Å². The summed E-state index contributed by atoms with van der Waals surface area (Å²) in [6.45, 7) is 0. The molecule has 7 nitrogen and oxygen atoms in total. The van der Waals surface area contributed by atoms with Gasteiger partial charge in [0.2, 0.25) is 11.7 Å². The van der Waals surface area contributed by atoms with Gasteiger partial charge in [-0.15, -0.1) is 11.3 Å². The number of hydrogen-bond acceptors (Lipinski definition) is 6. The molecule has 5 rings (SSSR count). The normalized spacial score (nSPS) is 11.0. The summed E-state index contributed by atoms with van der Waals surface area (Å²) >= 11 is 1.54. The molecule has 0 radical (unpaired) electrons. The van der Waals surface area contributed by atoms with Gasteiger partial charge in [-0.3, -0.25) is 9.48 Å². The molecule has 33 heavy (non-hydrogen) atoms. The van der Waals surface area contributed by atoms with E-state index >= 15 is 0 Å². The fraction of sp³-hybridized carbons (Fsp3) is 0.0833. The molecule has 1 amide bonds. The van der Waals surface area contributed by atoms with Crippen molar-refractivity contribution in [2.75, 3.05) is 5.32 Å². The number of para-hydroxylation sites is 1. The van der Waals surface area contributed by atoms with Crippen LogP contribution in [0.5, 0.6) is 0 Å². The fourth-order valence-corrected chi connectivity index (χ4v) is 4.07. The average Bonchev–Trinajstić information content (AvgIpc) is 3.56. The largest absolute Gasteiger partial charge is 0.339 e. The zero-order valence-corrected chi connectivity index (χ0v) is 18.3. The first kappa shape index (κ1) is 20.8. The number of aryl methyl sites for hydroxylation is 1. The van der Waals surface area contributed by atoms with Crippen LogP contribution in [0.4, 0.5) is 10.1 Å². The van der Waals surface area contributed by atoms with Crippen LogP contribution in [0.3, 0.4) is 0 Å². The van der Waals surface area contributed by atoms with Crippen molar-refractivity contribution in [2.24, 2.45) is 7.05 Å². The summed E-state index contributed by atoms with van der Waals surface area (Å²) in [4.78, 5) is 18.4. The van der Waals surface area contributed by atoms with Crippen LogP contribution in [0.15, 0.2) is 76.6 Å².